The van der Waals surface area contributed by atoms with Crippen molar-refractivity contribution in [1.82, 2.24) is 5.32 Å². The van der Waals surface area contributed by atoms with Crippen LogP contribution in [0.4, 0.5) is 0 Å². The van der Waals surface area contributed by atoms with Crippen molar-refractivity contribution in [2.24, 2.45) is 5.92 Å². The summed E-state index contributed by atoms with van der Waals surface area (Å²) in [6.07, 6.45) is 4.09. The Balaban J connectivity index is 1.93. The van der Waals surface area contributed by atoms with Gasteiger partial charge in [-0.1, -0.05) is 68.4 Å². The fourth-order valence-corrected chi connectivity index (χ4v) is 2.57. The summed E-state index contributed by atoms with van der Waals surface area (Å²) in [7, 11) is 0. The van der Waals surface area contributed by atoms with Crippen LogP contribution < -0.4 is 5.32 Å². The average molecular weight is 335 g/mol. The Hall–Kier alpha value is -2.68. The molecule has 0 saturated heterocycles. The van der Waals surface area contributed by atoms with Gasteiger partial charge in [-0.3, -0.25) is 14.9 Å². The molecule has 0 fully saturated rings. The third kappa shape index (κ3) is 6.03. The zero-order valence-electron chi connectivity index (χ0n) is 15.0. The average Bonchev–Trinajstić information content (AvgIpc) is 2.60. The molecule has 0 saturated carbocycles. The van der Waals surface area contributed by atoms with Crippen LogP contribution in [0, 0.1) is 5.92 Å². The molecule has 1 atom stereocenters. The Bertz CT molecular complexity index is 730. The van der Waals surface area contributed by atoms with Gasteiger partial charge in [-0.05, 0) is 42.0 Å². The van der Waals surface area contributed by atoms with Crippen molar-refractivity contribution in [2.75, 3.05) is 0 Å². The van der Waals surface area contributed by atoms with E-state index in [1.165, 1.54) is 11.6 Å². The fourth-order valence-electron chi connectivity index (χ4n) is 2.57. The van der Waals surface area contributed by atoms with E-state index in [4.69, 9.17) is 0 Å². The maximum absolute atomic E-state index is 12.3. The standard InChI is InChI=1S/C22H25NO2/c1-16(2)15-19-9-12-20(13-10-19)17(3)22(25)23-21(24)14-11-18-7-5-4-6-8-18/h4-14,16-17H,15H2,1-3H3,(H,23,24,25)/b14-11+. The summed E-state index contributed by atoms with van der Waals surface area (Å²) in [6.45, 7) is 6.16. The first-order valence-electron chi connectivity index (χ1n) is 8.62. The minimum absolute atomic E-state index is 0.292. The summed E-state index contributed by atoms with van der Waals surface area (Å²) in [5, 5.41) is 2.43. The Labute approximate surface area is 149 Å². The lowest BCUT2D eigenvalue weighted by atomic mass is 9.96. The lowest BCUT2D eigenvalue weighted by Gasteiger charge is -2.12. The van der Waals surface area contributed by atoms with E-state index >= 15 is 0 Å². The maximum Gasteiger partial charge on any atom is 0.250 e. The number of hydrogen-bond donors (Lipinski definition) is 1. The van der Waals surface area contributed by atoms with Gasteiger partial charge in [-0.15, -0.1) is 0 Å². The van der Waals surface area contributed by atoms with Crippen LogP contribution in [0.2, 0.25) is 0 Å². The number of nitrogens with one attached hydrogen (secondary N) is 1. The van der Waals surface area contributed by atoms with E-state index in [0.29, 0.717) is 5.92 Å². The molecule has 0 aliphatic carbocycles. The Kier molecular flexibility index (Phi) is 6.70. The summed E-state index contributed by atoms with van der Waals surface area (Å²) >= 11 is 0. The smallest absolute Gasteiger partial charge is 0.250 e. The predicted molar refractivity (Wildman–Crippen MR) is 102 cm³/mol. The topological polar surface area (TPSA) is 46.2 Å². The first-order chi connectivity index (χ1) is 12.0. The highest BCUT2D eigenvalue weighted by atomic mass is 16.2. The summed E-state index contributed by atoms with van der Waals surface area (Å²) in [5.41, 5.74) is 3.08. The van der Waals surface area contributed by atoms with Gasteiger partial charge in [-0.25, -0.2) is 0 Å². The first kappa shape index (κ1) is 18.7. The first-order valence-corrected chi connectivity index (χ1v) is 8.62. The second-order valence-corrected chi connectivity index (χ2v) is 6.66. The molecule has 3 nitrogen and oxygen atoms in total. The number of carbonyl (C=O) groups is 2. The van der Waals surface area contributed by atoms with Crippen LogP contribution in [0.15, 0.2) is 60.7 Å². The number of hydrogen-bond acceptors (Lipinski definition) is 2. The zero-order chi connectivity index (χ0) is 18.2. The quantitative estimate of drug-likeness (QED) is 0.798. The molecule has 0 spiro atoms. The monoisotopic (exact) mass is 335 g/mol. The van der Waals surface area contributed by atoms with Crippen LogP contribution in [0.25, 0.3) is 6.08 Å². The van der Waals surface area contributed by atoms with Gasteiger partial charge in [0.15, 0.2) is 0 Å². The van der Waals surface area contributed by atoms with Crippen molar-refractivity contribution in [1.29, 1.82) is 0 Å². The van der Waals surface area contributed by atoms with Crippen molar-refractivity contribution in [3.8, 4) is 0 Å². The molecule has 1 unspecified atom stereocenters. The molecule has 2 aromatic carbocycles. The third-order valence-electron chi connectivity index (χ3n) is 3.99. The highest BCUT2D eigenvalue weighted by Crippen LogP contribution is 2.17. The molecule has 25 heavy (non-hydrogen) atoms. The van der Waals surface area contributed by atoms with Crippen LogP contribution in [-0.2, 0) is 16.0 Å². The van der Waals surface area contributed by atoms with Gasteiger partial charge in [0.25, 0.3) is 5.91 Å². The van der Waals surface area contributed by atoms with Gasteiger partial charge in [0.1, 0.15) is 0 Å². The molecule has 130 valence electrons. The maximum atomic E-state index is 12.3. The van der Waals surface area contributed by atoms with Gasteiger partial charge in [0.2, 0.25) is 5.91 Å². The highest BCUT2D eigenvalue weighted by molar-refractivity contribution is 6.04. The molecule has 0 aliphatic heterocycles. The van der Waals surface area contributed by atoms with Crippen molar-refractivity contribution >= 4 is 17.9 Å². The molecular formula is C22H25NO2. The summed E-state index contributed by atoms with van der Waals surface area (Å²) in [4.78, 5) is 24.2. The van der Waals surface area contributed by atoms with Gasteiger partial charge in [0.05, 0.1) is 5.92 Å². The normalized spacial score (nSPS) is 12.3. The number of imide groups is 1. The van der Waals surface area contributed by atoms with Gasteiger partial charge < -0.3 is 0 Å². The summed E-state index contributed by atoms with van der Waals surface area (Å²) in [5.74, 6) is -0.473. The van der Waals surface area contributed by atoms with E-state index < -0.39 is 5.91 Å². The van der Waals surface area contributed by atoms with E-state index in [1.807, 2.05) is 42.5 Å². The molecular weight excluding hydrogens is 310 g/mol. The number of amides is 2. The second-order valence-electron chi connectivity index (χ2n) is 6.66. The Morgan fingerprint density at radius 2 is 1.60 bits per heavy atom. The lowest BCUT2D eigenvalue weighted by Crippen LogP contribution is -2.32. The number of benzene rings is 2. The van der Waals surface area contributed by atoms with Crippen LogP contribution in [0.1, 0.15) is 43.4 Å². The Morgan fingerprint density at radius 3 is 2.20 bits per heavy atom. The molecule has 1 N–H and O–H groups in total. The minimum atomic E-state index is -0.405. The van der Waals surface area contributed by atoms with Crippen molar-refractivity contribution in [2.45, 2.75) is 33.1 Å². The zero-order valence-corrected chi connectivity index (χ0v) is 15.0. The second kappa shape index (κ2) is 8.97. The van der Waals surface area contributed by atoms with Gasteiger partial charge >= 0.3 is 0 Å². The lowest BCUT2D eigenvalue weighted by molar-refractivity contribution is -0.128. The summed E-state index contributed by atoms with van der Waals surface area (Å²) in [6, 6.07) is 17.5. The molecule has 0 heterocycles. The van der Waals surface area contributed by atoms with E-state index in [0.717, 1.165) is 17.5 Å². The van der Waals surface area contributed by atoms with Crippen LogP contribution in [-0.4, -0.2) is 11.8 Å². The van der Waals surface area contributed by atoms with Crippen LogP contribution >= 0.6 is 0 Å². The highest BCUT2D eigenvalue weighted by Gasteiger charge is 2.16. The SMILES string of the molecule is CC(C)Cc1ccc(C(C)C(=O)NC(=O)/C=C/c2ccccc2)cc1. The van der Waals surface area contributed by atoms with E-state index in [2.05, 4.69) is 31.3 Å². The largest absolute Gasteiger partial charge is 0.292 e. The van der Waals surface area contributed by atoms with E-state index in [-0.39, 0.29) is 11.8 Å². The minimum Gasteiger partial charge on any atom is -0.292 e. The molecule has 0 bridgehead atoms. The van der Waals surface area contributed by atoms with Crippen LogP contribution in [0.3, 0.4) is 0 Å². The number of carbonyl (C=O) groups excluding carboxylic acids is 2. The van der Waals surface area contributed by atoms with Crippen LogP contribution in [0.5, 0.6) is 0 Å². The Morgan fingerprint density at radius 1 is 0.960 bits per heavy atom. The van der Waals surface area contributed by atoms with Gasteiger partial charge in [-0.2, -0.15) is 0 Å². The molecule has 2 aromatic rings. The number of rotatable bonds is 6. The fraction of sp³-hybridized carbons (Fsp3) is 0.273. The van der Waals surface area contributed by atoms with Crippen molar-refractivity contribution < 1.29 is 9.59 Å². The molecule has 2 amide bonds. The predicted octanol–water partition coefficient (Wildman–Crippen LogP) is 4.34. The molecule has 2 rings (SSSR count). The molecule has 0 aromatic heterocycles. The third-order valence-corrected chi connectivity index (χ3v) is 3.99. The van der Waals surface area contributed by atoms with E-state index in [1.54, 1.807) is 13.0 Å². The molecule has 3 heteroatoms. The molecule has 0 aliphatic rings. The van der Waals surface area contributed by atoms with E-state index in [9.17, 15) is 9.59 Å². The van der Waals surface area contributed by atoms with Crippen molar-refractivity contribution in [3.63, 3.8) is 0 Å². The van der Waals surface area contributed by atoms with Gasteiger partial charge in [0, 0.05) is 6.08 Å². The molecule has 0 radical (unpaired) electrons. The summed E-state index contributed by atoms with van der Waals surface area (Å²) < 4.78 is 0. The van der Waals surface area contributed by atoms with Crippen molar-refractivity contribution in [3.05, 3.63) is 77.4 Å².